The van der Waals surface area contributed by atoms with Gasteiger partial charge in [0.05, 0.1) is 0 Å². The van der Waals surface area contributed by atoms with Gasteiger partial charge in [-0.1, -0.05) is 152 Å². The van der Waals surface area contributed by atoms with Crippen LogP contribution < -0.4 is 5.30 Å². The van der Waals surface area contributed by atoms with Crippen LogP contribution in [0.4, 0.5) is 0 Å². The largest absolute Gasteiger partial charge is 0.376 e. The molecule has 0 radical (unpaired) electrons. The van der Waals surface area contributed by atoms with Crippen molar-refractivity contribution in [2.45, 2.75) is 5.60 Å². The van der Waals surface area contributed by atoms with Crippen molar-refractivity contribution in [3.63, 3.8) is 0 Å². The minimum atomic E-state index is -3.40. The van der Waals surface area contributed by atoms with Gasteiger partial charge < -0.3 is 9.67 Å². The van der Waals surface area contributed by atoms with Gasteiger partial charge in [-0.2, -0.15) is 0 Å². The maximum Gasteiger partial charge on any atom is 0.172 e. The lowest BCUT2D eigenvalue weighted by Gasteiger charge is -2.32. The number of aliphatic hydroxyl groups is 1. The van der Waals surface area contributed by atoms with E-state index in [9.17, 15) is 5.11 Å². The molecule has 2 nitrogen and oxygen atoms in total. The minimum Gasteiger partial charge on any atom is -0.376 e. The van der Waals surface area contributed by atoms with E-state index in [2.05, 4.69) is 0 Å². The van der Waals surface area contributed by atoms with Crippen molar-refractivity contribution in [2.24, 2.45) is 0 Å². The monoisotopic (exact) mass is 510 g/mol. The van der Waals surface area contributed by atoms with Gasteiger partial charge in [-0.05, 0) is 28.3 Å². The zero-order chi connectivity index (χ0) is 26.0. The van der Waals surface area contributed by atoms with E-state index in [1.54, 1.807) is 0 Å². The summed E-state index contributed by atoms with van der Waals surface area (Å²) in [6.07, 6.45) is 1.98. The van der Waals surface area contributed by atoms with E-state index in [4.69, 9.17) is 0 Å². The van der Waals surface area contributed by atoms with Gasteiger partial charge in [0.15, 0.2) is 7.14 Å². The molecule has 5 aromatic rings. The summed E-state index contributed by atoms with van der Waals surface area (Å²) in [5, 5.41) is 15.0. The second kappa shape index (κ2) is 9.91. The zero-order valence-corrected chi connectivity index (χ0v) is 21.7. The van der Waals surface area contributed by atoms with Crippen molar-refractivity contribution >= 4 is 23.1 Å². The summed E-state index contributed by atoms with van der Waals surface area (Å²) in [6, 6.07) is 48.8. The first-order valence-electron chi connectivity index (χ1n) is 12.7. The molecule has 0 saturated heterocycles. The van der Waals surface area contributed by atoms with Crippen LogP contribution in [-0.2, 0) is 10.2 Å². The first-order valence-corrected chi connectivity index (χ1v) is 14.4. The molecule has 5 aromatic carbocycles. The van der Waals surface area contributed by atoms with Crippen LogP contribution in [0.15, 0.2) is 163 Å². The van der Waals surface area contributed by atoms with Gasteiger partial charge in [-0.3, -0.25) is 0 Å². The molecule has 0 amide bonds. The van der Waals surface area contributed by atoms with Gasteiger partial charge in [0.25, 0.3) is 0 Å². The summed E-state index contributed by atoms with van der Waals surface area (Å²) < 4.78 is 15.8. The van der Waals surface area contributed by atoms with Gasteiger partial charge in [-0.15, -0.1) is 0 Å². The fourth-order valence-corrected chi connectivity index (χ4v) is 8.68. The normalized spacial score (nSPS) is 17.3. The maximum absolute atomic E-state index is 15.8. The van der Waals surface area contributed by atoms with Crippen LogP contribution in [0.3, 0.4) is 0 Å². The Morgan fingerprint density at radius 3 is 1.37 bits per heavy atom. The van der Waals surface area contributed by atoms with Crippen LogP contribution in [-0.4, -0.2) is 5.11 Å². The highest BCUT2D eigenvalue weighted by molar-refractivity contribution is 7.90. The summed E-state index contributed by atoms with van der Waals surface area (Å²) in [4.78, 5) is 0. The van der Waals surface area contributed by atoms with Crippen LogP contribution >= 0.6 is 7.14 Å². The molecular formula is C35H27O2P. The van der Waals surface area contributed by atoms with Crippen LogP contribution in [0.1, 0.15) is 22.3 Å². The average Bonchev–Trinajstić information content (AvgIpc) is 3.33. The minimum absolute atomic E-state index is 0.632. The molecular weight excluding hydrogens is 483 g/mol. The second-order valence-electron chi connectivity index (χ2n) is 9.41. The molecule has 0 fully saturated rings. The second-order valence-corrected chi connectivity index (χ2v) is 12.1. The lowest BCUT2D eigenvalue weighted by Crippen LogP contribution is -2.29. The fraction of sp³-hybridized carbons (Fsp3) is 0.0286. The molecule has 0 saturated carbocycles. The highest BCUT2D eigenvalue weighted by atomic mass is 31.2. The number of hydrogen-bond acceptors (Lipinski definition) is 2. The predicted octanol–water partition coefficient (Wildman–Crippen LogP) is 8.08. The molecule has 1 atom stereocenters. The predicted molar refractivity (Wildman–Crippen MR) is 157 cm³/mol. The molecule has 0 aromatic heterocycles. The molecule has 6 rings (SSSR count). The summed E-state index contributed by atoms with van der Waals surface area (Å²) >= 11 is 0. The molecule has 0 aliphatic carbocycles. The molecule has 184 valence electrons. The number of rotatable bonds is 6. The molecule has 1 N–H and O–H groups in total. The Hall–Kier alpha value is -4.23. The Kier molecular flexibility index (Phi) is 6.29. The van der Waals surface area contributed by atoms with E-state index in [1.807, 2.05) is 158 Å². The van der Waals surface area contributed by atoms with Crippen molar-refractivity contribution in [1.29, 1.82) is 0 Å². The SMILES string of the molecule is O=P1(c2ccccc2)C(c2ccccc2)=CC(C(O)(c2ccccc2)c2ccccc2)=C1c1ccccc1. The molecule has 3 heteroatoms. The smallest absolute Gasteiger partial charge is 0.172 e. The van der Waals surface area contributed by atoms with Gasteiger partial charge in [0.1, 0.15) is 5.60 Å². The molecule has 1 aliphatic heterocycles. The Morgan fingerprint density at radius 2 is 0.895 bits per heavy atom. The van der Waals surface area contributed by atoms with E-state index in [0.717, 1.165) is 32.9 Å². The standard InChI is InChI=1S/C35H27O2P/c36-35(29-20-10-3-11-21-29,30-22-12-4-13-23-30)32-26-33(27-16-6-1-7-17-27)38(37,31-24-14-5-15-25-31)34(32)28-18-8-2-9-19-28/h1-26,36H. The molecule has 1 heterocycles. The molecule has 1 aliphatic rings. The van der Waals surface area contributed by atoms with Crippen molar-refractivity contribution in [3.05, 3.63) is 186 Å². The lowest BCUT2D eigenvalue weighted by molar-refractivity contribution is 0.126. The first kappa shape index (κ1) is 24.1. The third kappa shape index (κ3) is 3.90. The molecule has 0 spiro atoms. The summed E-state index contributed by atoms with van der Waals surface area (Å²) in [6.45, 7) is 0. The summed E-state index contributed by atoms with van der Waals surface area (Å²) in [5.74, 6) is 0. The van der Waals surface area contributed by atoms with Crippen LogP contribution in [0.2, 0.25) is 0 Å². The van der Waals surface area contributed by atoms with Gasteiger partial charge >= 0.3 is 0 Å². The topological polar surface area (TPSA) is 37.3 Å². The number of benzene rings is 5. The Bertz CT molecular complexity index is 1620. The quantitative estimate of drug-likeness (QED) is 0.235. The van der Waals surface area contributed by atoms with Crippen LogP contribution in [0, 0.1) is 0 Å². The van der Waals surface area contributed by atoms with Crippen molar-refractivity contribution in [2.75, 3.05) is 0 Å². The highest BCUT2D eigenvalue weighted by Gasteiger charge is 2.48. The van der Waals surface area contributed by atoms with E-state index in [-0.39, 0.29) is 0 Å². The highest BCUT2D eigenvalue weighted by Crippen LogP contribution is 2.73. The third-order valence-corrected chi connectivity index (χ3v) is 10.4. The Labute approximate surface area is 223 Å². The maximum atomic E-state index is 15.8. The van der Waals surface area contributed by atoms with Gasteiger partial charge in [-0.25, -0.2) is 0 Å². The summed E-state index contributed by atoms with van der Waals surface area (Å²) in [7, 11) is -3.40. The first-order chi connectivity index (χ1) is 18.6. The zero-order valence-electron chi connectivity index (χ0n) is 20.8. The van der Waals surface area contributed by atoms with Crippen molar-refractivity contribution in [1.82, 2.24) is 0 Å². The molecule has 38 heavy (non-hydrogen) atoms. The Morgan fingerprint density at radius 1 is 0.500 bits per heavy atom. The number of hydrogen-bond donors (Lipinski definition) is 1. The Balaban J connectivity index is 1.77. The van der Waals surface area contributed by atoms with Crippen molar-refractivity contribution in [3.8, 4) is 0 Å². The van der Waals surface area contributed by atoms with Gasteiger partial charge in [0.2, 0.25) is 0 Å². The van der Waals surface area contributed by atoms with E-state index in [0.29, 0.717) is 10.9 Å². The third-order valence-electron chi connectivity index (χ3n) is 7.20. The van der Waals surface area contributed by atoms with Crippen LogP contribution in [0.5, 0.6) is 0 Å². The van der Waals surface area contributed by atoms with E-state index in [1.165, 1.54) is 0 Å². The van der Waals surface area contributed by atoms with Gasteiger partial charge in [0, 0.05) is 21.5 Å². The molecule has 1 unspecified atom stereocenters. The average molecular weight is 511 g/mol. The lowest BCUT2D eigenvalue weighted by atomic mass is 9.79. The van der Waals surface area contributed by atoms with E-state index < -0.39 is 12.7 Å². The summed E-state index contributed by atoms with van der Waals surface area (Å²) in [5.41, 5.74) is 2.26. The fourth-order valence-electron chi connectivity index (χ4n) is 5.41. The van der Waals surface area contributed by atoms with E-state index >= 15 is 4.57 Å². The van der Waals surface area contributed by atoms with Crippen LogP contribution in [0.25, 0.3) is 10.6 Å². The molecule has 0 bridgehead atoms. The van der Waals surface area contributed by atoms with Crippen molar-refractivity contribution < 1.29 is 9.67 Å².